The number of anilines is 1. The molecule has 2 atom stereocenters. The van der Waals surface area contributed by atoms with Crippen LogP contribution in [-0.4, -0.2) is 18.2 Å². The highest BCUT2D eigenvalue weighted by Gasteiger charge is 2.32. The summed E-state index contributed by atoms with van der Waals surface area (Å²) in [4.78, 5) is 9.17. The molecule has 0 saturated heterocycles. The van der Waals surface area contributed by atoms with E-state index in [0.717, 1.165) is 23.2 Å². The van der Waals surface area contributed by atoms with Crippen molar-refractivity contribution in [3.63, 3.8) is 0 Å². The third kappa shape index (κ3) is 3.12. The van der Waals surface area contributed by atoms with Gasteiger partial charge >= 0.3 is 0 Å². The monoisotopic (exact) mass is 366 g/mol. The van der Waals surface area contributed by atoms with Crippen LogP contribution >= 0.6 is 0 Å². The lowest BCUT2D eigenvalue weighted by molar-refractivity contribution is 0.584. The van der Waals surface area contributed by atoms with Crippen LogP contribution in [0.4, 0.5) is 14.5 Å². The summed E-state index contributed by atoms with van der Waals surface area (Å²) in [5.41, 5.74) is 3.42. The predicted octanol–water partition coefficient (Wildman–Crippen LogP) is 4.38. The number of benzene rings is 2. The second kappa shape index (κ2) is 6.95. The summed E-state index contributed by atoms with van der Waals surface area (Å²) >= 11 is 0. The van der Waals surface area contributed by atoms with Crippen molar-refractivity contribution >= 4 is 17.7 Å². The minimum Gasteiger partial charge on any atom is -0.354 e. The zero-order valence-electron chi connectivity index (χ0n) is 15.1. The van der Waals surface area contributed by atoms with Gasteiger partial charge in [-0.25, -0.2) is 13.8 Å². The Hall–Kier alpha value is -3.02. The van der Waals surface area contributed by atoms with Crippen LogP contribution in [0.25, 0.3) is 0 Å². The van der Waals surface area contributed by atoms with Gasteiger partial charge < -0.3 is 10.6 Å². The number of aliphatic imine (C=N–C) groups is 2. The number of allylic oxidation sites excluding steroid dienone is 1. The summed E-state index contributed by atoms with van der Waals surface area (Å²) in [6, 6.07) is 11.7. The first-order valence-electron chi connectivity index (χ1n) is 8.98. The second-order valence-electron chi connectivity index (χ2n) is 6.65. The van der Waals surface area contributed by atoms with Gasteiger partial charge in [-0.3, -0.25) is 4.99 Å². The number of amidine groups is 1. The first kappa shape index (κ1) is 17.4. The highest BCUT2D eigenvalue weighted by molar-refractivity contribution is 6.02. The second-order valence-corrected chi connectivity index (χ2v) is 6.65. The van der Waals surface area contributed by atoms with Gasteiger partial charge in [0.05, 0.1) is 5.70 Å². The number of aryl methyl sites for hydroxylation is 1. The van der Waals surface area contributed by atoms with Gasteiger partial charge in [-0.15, -0.1) is 0 Å². The quantitative estimate of drug-likeness (QED) is 0.843. The molecule has 138 valence electrons. The van der Waals surface area contributed by atoms with Gasteiger partial charge in [0.1, 0.15) is 28.9 Å². The molecule has 2 aromatic carbocycles. The Balaban J connectivity index is 1.77. The minimum absolute atomic E-state index is 0.129. The summed E-state index contributed by atoms with van der Waals surface area (Å²) in [5.74, 6) is -0.510. The fraction of sp³-hybridized carbons (Fsp3) is 0.238. The average molecular weight is 366 g/mol. The van der Waals surface area contributed by atoms with Gasteiger partial charge in [-0.2, -0.15) is 0 Å². The Labute approximate surface area is 156 Å². The number of rotatable bonds is 4. The smallest absolute Gasteiger partial charge is 0.166 e. The molecule has 4 rings (SSSR count). The average Bonchev–Trinajstić information content (AvgIpc) is 3.08. The van der Waals surface area contributed by atoms with E-state index in [1.807, 2.05) is 37.4 Å². The maximum Gasteiger partial charge on any atom is 0.166 e. The number of hydrogen-bond acceptors (Lipinski definition) is 4. The molecule has 0 aliphatic carbocycles. The zero-order valence-corrected chi connectivity index (χ0v) is 15.1. The standard InChI is InChI=1S/C21H20F2N4/c1-3-13-11-24-19-17(13)25-20(14-8-5-4-7-12(14)2)27-21(19)26-18-15(22)9-6-10-16(18)23/h4-11,13,21,26H,3H2,1-2H3,(H,25,27). The number of hydrogen-bond donors (Lipinski definition) is 2. The molecule has 27 heavy (non-hydrogen) atoms. The van der Waals surface area contributed by atoms with Crippen molar-refractivity contribution < 1.29 is 8.78 Å². The third-order valence-corrected chi connectivity index (χ3v) is 4.89. The number of nitrogens with zero attached hydrogens (tertiary/aromatic N) is 2. The van der Waals surface area contributed by atoms with Crippen LogP contribution in [0.1, 0.15) is 24.5 Å². The van der Waals surface area contributed by atoms with Crippen molar-refractivity contribution in [1.29, 1.82) is 0 Å². The lowest BCUT2D eigenvalue weighted by Crippen LogP contribution is -2.37. The molecule has 0 bridgehead atoms. The highest BCUT2D eigenvalue weighted by Crippen LogP contribution is 2.31. The van der Waals surface area contributed by atoms with E-state index in [4.69, 9.17) is 4.99 Å². The van der Waals surface area contributed by atoms with E-state index >= 15 is 0 Å². The molecule has 2 unspecified atom stereocenters. The van der Waals surface area contributed by atoms with Crippen molar-refractivity contribution in [2.75, 3.05) is 5.32 Å². The molecule has 2 aliphatic heterocycles. The van der Waals surface area contributed by atoms with E-state index in [9.17, 15) is 8.78 Å². The van der Waals surface area contributed by atoms with E-state index in [1.165, 1.54) is 18.2 Å². The van der Waals surface area contributed by atoms with E-state index in [2.05, 4.69) is 22.5 Å². The van der Waals surface area contributed by atoms with Crippen LogP contribution in [0.2, 0.25) is 0 Å². The molecule has 0 radical (unpaired) electrons. The van der Waals surface area contributed by atoms with Crippen LogP contribution in [0.5, 0.6) is 0 Å². The Morgan fingerprint density at radius 3 is 2.52 bits per heavy atom. The Kier molecular flexibility index (Phi) is 4.48. The SMILES string of the molecule is CCC1C=NC2=C1NC(c1ccccc1C)=NC2Nc1c(F)cccc1F. The van der Waals surface area contributed by atoms with Crippen LogP contribution in [0.3, 0.4) is 0 Å². The zero-order chi connectivity index (χ0) is 19.0. The lowest BCUT2D eigenvalue weighted by atomic mass is 10.0. The third-order valence-electron chi connectivity index (χ3n) is 4.89. The van der Waals surface area contributed by atoms with Gasteiger partial charge in [0.2, 0.25) is 0 Å². The maximum absolute atomic E-state index is 14.2. The summed E-state index contributed by atoms with van der Waals surface area (Å²) in [6.45, 7) is 4.08. The van der Waals surface area contributed by atoms with Gasteiger partial charge in [0.25, 0.3) is 0 Å². The molecule has 0 spiro atoms. The van der Waals surface area contributed by atoms with Crippen molar-refractivity contribution in [3.8, 4) is 0 Å². The van der Waals surface area contributed by atoms with Gasteiger partial charge in [-0.1, -0.05) is 37.3 Å². The Morgan fingerprint density at radius 2 is 1.81 bits per heavy atom. The van der Waals surface area contributed by atoms with E-state index in [0.29, 0.717) is 11.5 Å². The van der Waals surface area contributed by atoms with Crippen LogP contribution < -0.4 is 10.6 Å². The first-order valence-corrected chi connectivity index (χ1v) is 8.98. The topological polar surface area (TPSA) is 48.8 Å². The van der Waals surface area contributed by atoms with Crippen molar-refractivity contribution in [2.45, 2.75) is 26.4 Å². The molecule has 0 saturated carbocycles. The molecule has 2 aromatic rings. The van der Waals surface area contributed by atoms with Gasteiger partial charge in [-0.05, 0) is 31.0 Å². The van der Waals surface area contributed by atoms with Crippen LogP contribution in [-0.2, 0) is 0 Å². The van der Waals surface area contributed by atoms with Gasteiger partial charge in [0, 0.05) is 17.7 Å². The summed E-state index contributed by atoms with van der Waals surface area (Å²) in [6.07, 6.45) is 2.06. The van der Waals surface area contributed by atoms with E-state index in [-0.39, 0.29) is 11.6 Å². The van der Waals surface area contributed by atoms with Crippen molar-refractivity contribution in [2.24, 2.45) is 15.9 Å². The number of para-hydroxylation sites is 1. The molecule has 2 aliphatic rings. The lowest BCUT2D eigenvalue weighted by Gasteiger charge is -2.27. The molecule has 6 heteroatoms. The Morgan fingerprint density at radius 1 is 1.07 bits per heavy atom. The van der Waals surface area contributed by atoms with Crippen LogP contribution in [0.15, 0.2) is 63.8 Å². The van der Waals surface area contributed by atoms with Crippen LogP contribution in [0, 0.1) is 24.5 Å². The maximum atomic E-state index is 14.2. The van der Waals surface area contributed by atoms with E-state index < -0.39 is 17.8 Å². The number of halogens is 2. The summed E-state index contributed by atoms with van der Waals surface area (Å²) in [7, 11) is 0. The predicted molar refractivity (Wildman–Crippen MR) is 104 cm³/mol. The molecule has 0 aromatic heterocycles. The molecule has 4 nitrogen and oxygen atoms in total. The molecular formula is C21H20F2N4. The fourth-order valence-corrected chi connectivity index (χ4v) is 3.39. The molecular weight excluding hydrogens is 346 g/mol. The van der Waals surface area contributed by atoms with Crippen molar-refractivity contribution in [1.82, 2.24) is 5.32 Å². The first-order chi connectivity index (χ1) is 13.1. The van der Waals surface area contributed by atoms with E-state index in [1.54, 1.807) is 0 Å². The summed E-state index contributed by atoms with van der Waals surface area (Å²) < 4.78 is 28.3. The van der Waals surface area contributed by atoms with Crippen molar-refractivity contribution in [3.05, 3.63) is 76.6 Å². The molecule has 0 fully saturated rings. The number of nitrogens with one attached hydrogen (secondary N) is 2. The summed E-state index contributed by atoms with van der Waals surface area (Å²) in [5, 5.41) is 6.30. The molecule has 2 N–H and O–H groups in total. The fourth-order valence-electron chi connectivity index (χ4n) is 3.39. The van der Waals surface area contributed by atoms with Gasteiger partial charge in [0.15, 0.2) is 6.17 Å². The normalized spacial score (nSPS) is 21.0. The highest BCUT2D eigenvalue weighted by atomic mass is 19.1. The molecule has 0 amide bonds. The minimum atomic E-state index is -0.671. The largest absolute Gasteiger partial charge is 0.354 e. The Bertz CT molecular complexity index is 958. The molecule has 2 heterocycles.